The van der Waals surface area contributed by atoms with Crippen LogP contribution < -0.4 is 5.32 Å². The Kier molecular flexibility index (Phi) is 7.18. The highest BCUT2D eigenvalue weighted by Crippen LogP contribution is 2.24. The summed E-state index contributed by atoms with van der Waals surface area (Å²) in [6, 6.07) is 15.3. The largest absolute Gasteiger partial charge is 0.350 e. The number of carbonyl (C=O) groups is 1. The van der Waals surface area contributed by atoms with E-state index < -0.39 is 25.9 Å². The first-order valence-electron chi connectivity index (χ1n) is 11.1. The molecular formula is C23H29N3O5S2. The Labute approximate surface area is 195 Å². The second kappa shape index (κ2) is 9.92. The molecule has 10 heteroatoms. The smallest absolute Gasteiger partial charge is 0.243 e. The maximum atomic E-state index is 13.2. The molecule has 2 aromatic carbocycles. The van der Waals surface area contributed by atoms with Gasteiger partial charge in [0, 0.05) is 32.7 Å². The maximum Gasteiger partial charge on any atom is 0.243 e. The van der Waals surface area contributed by atoms with Crippen molar-refractivity contribution in [2.75, 3.05) is 37.7 Å². The Balaban J connectivity index is 1.44. The van der Waals surface area contributed by atoms with Crippen LogP contribution in [-0.4, -0.2) is 69.6 Å². The van der Waals surface area contributed by atoms with Crippen LogP contribution in [0.4, 0.5) is 0 Å². The molecule has 4 rings (SSSR count). The van der Waals surface area contributed by atoms with Crippen LogP contribution in [0.25, 0.3) is 0 Å². The van der Waals surface area contributed by atoms with Crippen LogP contribution in [0.2, 0.25) is 0 Å². The predicted octanol–water partition coefficient (Wildman–Crippen LogP) is 1.56. The molecule has 2 fully saturated rings. The number of hydrogen-bond donors (Lipinski definition) is 1. The zero-order chi connectivity index (χ0) is 23.5. The molecule has 33 heavy (non-hydrogen) atoms. The molecule has 8 nitrogen and oxygen atoms in total. The molecule has 1 amide bonds. The van der Waals surface area contributed by atoms with Gasteiger partial charge in [-0.2, -0.15) is 4.31 Å². The molecule has 2 saturated heterocycles. The fourth-order valence-electron chi connectivity index (χ4n) is 4.29. The Morgan fingerprint density at radius 1 is 0.909 bits per heavy atom. The van der Waals surface area contributed by atoms with Crippen molar-refractivity contribution in [1.82, 2.24) is 14.5 Å². The van der Waals surface area contributed by atoms with Gasteiger partial charge in [-0.25, -0.2) is 16.8 Å². The first-order chi connectivity index (χ1) is 15.8. The monoisotopic (exact) mass is 491 g/mol. The normalized spacial score (nSPS) is 20.4. The third kappa shape index (κ3) is 5.63. The van der Waals surface area contributed by atoms with Crippen LogP contribution in [-0.2, 0) is 31.2 Å². The van der Waals surface area contributed by atoms with E-state index in [-0.39, 0.29) is 28.9 Å². The van der Waals surface area contributed by atoms with Gasteiger partial charge in [0.2, 0.25) is 15.9 Å². The van der Waals surface area contributed by atoms with Crippen molar-refractivity contribution in [3.05, 3.63) is 65.7 Å². The molecule has 0 aliphatic carbocycles. The van der Waals surface area contributed by atoms with E-state index >= 15 is 0 Å². The van der Waals surface area contributed by atoms with E-state index in [0.29, 0.717) is 26.2 Å². The zero-order valence-corrected chi connectivity index (χ0v) is 20.0. The van der Waals surface area contributed by atoms with Crippen molar-refractivity contribution in [3.8, 4) is 0 Å². The second-order valence-corrected chi connectivity index (χ2v) is 12.7. The van der Waals surface area contributed by atoms with Gasteiger partial charge in [0.1, 0.15) is 6.04 Å². The molecule has 0 spiro atoms. The summed E-state index contributed by atoms with van der Waals surface area (Å²) in [5.41, 5.74) is 1.60. The third-order valence-electron chi connectivity index (χ3n) is 6.20. The highest BCUT2D eigenvalue weighted by molar-refractivity contribution is 7.91. The average molecular weight is 492 g/mol. The lowest BCUT2D eigenvalue weighted by atomic mass is 10.0. The fraction of sp³-hybridized carbons (Fsp3) is 0.435. The maximum absolute atomic E-state index is 13.2. The minimum absolute atomic E-state index is 0.0383. The zero-order valence-electron chi connectivity index (χ0n) is 18.4. The summed E-state index contributed by atoms with van der Waals surface area (Å²) in [4.78, 5) is 15.3. The summed E-state index contributed by atoms with van der Waals surface area (Å²) >= 11 is 0. The first kappa shape index (κ1) is 23.9. The van der Waals surface area contributed by atoms with Crippen molar-refractivity contribution < 1.29 is 21.6 Å². The standard InChI is InChI=1S/C23H29N3O5S2/c27-23(22(20-6-2-1-3-7-20)25-14-16-32(28,29)17-15-25)24-18-19-8-10-21(11-9-19)33(30,31)26-12-4-5-13-26/h1-3,6-11,22H,4-5,12-18H2,(H,24,27). The van der Waals surface area contributed by atoms with Crippen LogP contribution in [0.15, 0.2) is 59.5 Å². The lowest BCUT2D eigenvalue weighted by molar-refractivity contribution is -0.126. The van der Waals surface area contributed by atoms with Gasteiger partial charge >= 0.3 is 0 Å². The van der Waals surface area contributed by atoms with E-state index in [0.717, 1.165) is 24.0 Å². The van der Waals surface area contributed by atoms with Crippen LogP contribution in [0, 0.1) is 0 Å². The first-order valence-corrected chi connectivity index (χ1v) is 14.4. The van der Waals surface area contributed by atoms with Crippen LogP contribution in [0.3, 0.4) is 0 Å². The summed E-state index contributed by atoms with van der Waals surface area (Å²) in [7, 11) is -6.53. The summed E-state index contributed by atoms with van der Waals surface area (Å²) in [6.45, 7) is 1.97. The summed E-state index contributed by atoms with van der Waals surface area (Å²) in [6.07, 6.45) is 1.77. The minimum atomic E-state index is -3.47. The molecular weight excluding hydrogens is 462 g/mol. The Hall–Kier alpha value is -2.27. The minimum Gasteiger partial charge on any atom is -0.350 e. The molecule has 1 atom stereocenters. The number of sulfonamides is 1. The van der Waals surface area contributed by atoms with Crippen molar-refractivity contribution in [2.45, 2.75) is 30.3 Å². The number of nitrogens with zero attached hydrogens (tertiary/aromatic N) is 2. The lowest BCUT2D eigenvalue weighted by Crippen LogP contribution is -2.47. The molecule has 2 aliphatic heterocycles. The van der Waals surface area contributed by atoms with Crippen LogP contribution >= 0.6 is 0 Å². The molecule has 0 radical (unpaired) electrons. The summed E-state index contributed by atoms with van der Waals surface area (Å²) in [5.74, 6) is -0.137. The lowest BCUT2D eigenvalue weighted by Gasteiger charge is -2.33. The van der Waals surface area contributed by atoms with Gasteiger partial charge in [0.05, 0.1) is 16.4 Å². The molecule has 2 aliphatic rings. The summed E-state index contributed by atoms with van der Waals surface area (Å²) < 4.78 is 50.6. The van der Waals surface area contributed by atoms with Crippen molar-refractivity contribution in [2.24, 2.45) is 0 Å². The number of amides is 1. The number of hydrogen-bond acceptors (Lipinski definition) is 6. The van der Waals surface area contributed by atoms with Gasteiger partial charge in [0.15, 0.2) is 9.84 Å². The van der Waals surface area contributed by atoms with Gasteiger partial charge in [-0.3, -0.25) is 9.69 Å². The van der Waals surface area contributed by atoms with Gasteiger partial charge in [0.25, 0.3) is 0 Å². The molecule has 0 bridgehead atoms. The highest BCUT2D eigenvalue weighted by atomic mass is 32.2. The van der Waals surface area contributed by atoms with E-state index in [9.17, 15) is 21.6 Å². The van der Waals surface area contributed by atoms with Crippen LogP contribution in [0.1, 0.15) is 30.0 Å². The molecule has 0 saturated carbocycles. The Morgan fingerprint density at radius 3 is 2.12 bits per heavy atom. The van der Waals surface area contributed by atoms with E-state index in [2.05, 4.69) is 5.32 Å². The Bertz CT molecular complexity index is 1160. The number of carbonyl (C=O) groups excluding carboxylic acids is 1. The number of benzene rings is 2. The molecule has 0 aromatic heterocycles. The van der Waals surface area contributed by atoms with Gasteiger partial charge in [-0.1, -0.05) is 42.5 Å². The summed E-state index contributed by atoms with van der Waals surface area (Å²) in [5, 5.41) is 2.94. The number of nitrogens with one attached hydrogen (secondary N) is 1. The van der Waals surface area contributed by atoms with Gasteiger partial charge in [-0.05, 0) is 36.1 Å². The Morgan fingerprint density at radius 2 is 1.52 bits per heavy atom. The van der Waals surface area contributed by atoms with Crippen molar-refractivity contribution >= 4 is 25.8 Å². The van der Waals surface area contributed by atoms with E-state index in [1.165, 1.54) is 4.31 Å². The average Bonchev–Trinajstić information content (AvgIpc) is 3.36. The SMILES string of the molecule is O=C(NCc1ccc(S(=O)(=O)N2CCCC2)cc1)C(c1ccccc1)N1CCS(=O)(=O)CC1. The number of sulfone groups is 1. The molecule has 1 N–H and O–H groups in total. The van der Waals surface area contributed by atoms with Crippen molar-refractivity contribution in [1.29, 1.82) is 0 Å². The van der Waals surface area contributed by atoms with Crippen molar-refractivity contribution in [3.63, 3.8) is 0 Å². The van der Waals surface area contributed by atoms with E-state index in [4.69, 9.17) is 0 Å². The second-order valence-electron chi connectivity index (χ2n) is 8.47. The van der Waals surface area contributed by atoms with E-state index in [1.807, 2.05) is 35.2 Å². The predicted molar refractivity (Wildman–Crippen MR) is 126 cm³/mol. The van der Waals surface area contributed by atoms with Gasteiger partial charge in [-0.15, -0.1) is 0 Å². The molecule has 1 unspecified atom stereocenters. The third-order valence-corrected chi connectivity index (χ3v) is 9.72. The molecule has 178 valence electrons. The topological polar surface area (TPSA) is 104 Å². The molecule has 2 heterocycles. The van der Waals surface area contributed by atoms with E-state index in [1.54, 1.807) is 24.3 Å². The van der Waals surface area contributed by atoms with Crippen LogP contribution in [0.5, 0.6) is 0 Å². The van der Waals surface area contributed by atoms with Gasteiger partial charge < -0.3 is 5.32 Å². The highest BCUT2D eigenvalue weighted by Gasteiger charge is 2.32. The molecule has 2 aromatic rings. The fourth-order valence-corrected chi connectivity index (χ4v) is 7.04. The number of rotatable bonds is 7. The quantitative estimate of drug-likeness (QED) is 0.631.